The first-order valence-corrected chi connectivity index (χ1v) is 7.92. The molecular formula is C14H30O3Si. The highest BCUT2D eigenvalue weighted by molar-refractivity contribution is 6.20. The largest absolute Gasteiger partial charge is 0.497 e. The van der Waals surface area contributed by atoms with E-state index in [-0.39, 0.29) is 0 Å². The van der Waals surface area contributed by atoms with Gasteiger partial charge in [-0.3, -0.25) is 0 Å². The normalized spacial score (nSPS) is 11.2. The van der Waals surface area contributed by atoms with E-state index in [1.54, 1.807) is 0 Å². The van der Waals surface area contributed by atoms with Gasteiger partial charge in [-0.1, -0.05) is 41.5 Å². The van der Waals surface area contributed by atoms with Crippen LogP contribution in [0.4, 0.5) is 0 Å². The minimum atomic E-state index is 0.488. The minimum absolute atomic E-state index is 0.488. The maximum atomic E-state index is 5.72. The zero-order chi connectivity index (χ0) is 14.1. The van der Waals surface area contributed by atoms with Gasteiger partial charge in [-0.25, -0.2) is 0 Å². The molecule has 0 aliphatic rings. The topological polar surface area (TPSA) is 27.7 Å². The summed E-state index contributed by atoms with van der Waals surface area (Å²) >= 11 is 0. The average molecular weight is 274 g/mol. The lowest BCUT2D eigenvalue weighted by Crippen LogP contribution is -2.13. The third-order valence-electron chi connectivity index (χ3n) is 2.02. The summed E-state index contributed by atoms with van der Waals surface area (Å²) in [6.07, 6.45) is 0. The summed E-state index contributed by atoms with van der Waals surface area (Å²) in [5.74, 6) is 2.10. The quantitative estimate of drug-likeness (QED) is 0.477. The molecule has 0 heterocycles. The molecule has 0 aliphatic carbocycles. The second-order valence-electron chi connectivity index (χ2n) is 5.96. The van der Waals surface area contributed by atoms with Crippen molar-refractivity contribution >= 4 is 10.2 Å². The predicted molar refractivity (Wildman–Crippen MR) is 79.3 cm³/mol. The number of hydrogen-bond acceptors (Lipinski definition) is 3. The van der Waals surface area contributed by atoms with Gasteiger partial charge in [0.15, 0.2) is 0 Å². The van der Waals surface area contributed by atoms with Gasteiger partial charge in [-0.2, -0.15) is 0 Å². The molecule has 0 aromatic rings. The maximum Gasteiger partial charge on any atom is 0.312 e. The van der Waals surface area contributed by atoms with Crippen molar-refractivity contribution in [2.45, 2.75) is 41.5 Å². The van der Waals surface area contributed by atoms with Crippen molar-refractivity contribution in [3.05, 3.63) is 11.3 Å². The smallest absolute Gasteiger partial charge is 0.312 e. The molecule has 0 spiro atoms. The van der Waals surface area contributed by atoms with E-state index < -0.39 is 0 Å². The molecule has 0 aromatic heterocycles. The molecule has 0 N–H and O–H groups in total. The standard InChI is InChI=1S/C14H30O3Si/c1-10(2)7-15-13(16-8-11(3)4)14(18)17-9-12(5)6/h10-12H,7-9H2,1-6,18H3. The molecule has 0 rings (SSSR count). The molecule has 4 heteroatoms. The van der Waals surface area contributed by atoms with Crippen LogP contribution in [0.1, 0.15) is 41.5 Å². The lowest BCUT2D eigenvalue weighted by molar-refractivity contribution is -0.000773. The Hall–Kier alpha value is -0.643. The highest BCUT2D eigenvalue weighted by atomic mass is 28.1. The molecule has 0 bridgehead atoms. The van der Waals surface area contributed by atoms with Crippen molar-refractivity contribution in [2.75, 3.05) is 19.8 Å². The summed E-state index contributed by atoms with van der Waals surface area (Å²) in [6, 6.07) is 0. The lowest BCUT2D eigenvalue weighted by atomic mass is 10.2. The first kappa shape index (κ1) is 17.4. The summed E-state index contributed by atoms with van der Waals surface area (Å²) in [5, 5.41) is 0.880. The Labute approximate surface area is 115 Å². The zero-order valence-electron chi connectivity index (χ0n) is 13.1. The Balaban J connectivity index is 4.44. The van der Waals surface area contributed by atoms with Crippen LogP contribution < -0.4 is 0 Å². The fourth-order valence-corrected chi connectivity index (χ4v) is 1.54. The van der Waals surface area contributed by atoms with E-state index in [1.165, 1.54) is 0 Å². The third kappa shape index (κ3) is 9.39. The Kier molecular flexibility index (Phi) is 8.98. The van der Waals surface area contributed by atoms with Crippen LogP contribution in [0.2, 0.25) is 0 Å². The van der Waals surface area contributed by atoms with Crippen LogP contribution in [0, 0.1) is 17.8 Å². The van der Waals surface area contributed by atoms with E-state index in [9.17, 15) is 0 Å². The second-order valence-corrected chi connectivity index (χ2v) is 6.87. The van der Waals surface area contributed by atoms with Gasteiger partial charge < -0.3 is 14.2 Å². The van der Waals surface area contributed by atoms with Crippen molar-refractivity contribution in [1.29, 1.82) is 0 Å². The molecule has 0 atom stereocenters. The van der Waals surface area contributed by atoms with Gasteiger partial charge in [0, 0.05) is 0 Å². The average Bonchev–Trinajstić information content (AvgIpc) is 2.25. The maximum absolute atomic E-state index is 5.72. The van der Waals surface area contributed by atoms with E-state index >= 15 is 0 Å². The van der Waals surface area contributed by atoms with Gasteiger partial charge in [-0.15, -0.1) is 0 Å². The van der Waals surface area contributed by atoms with Gasteiger partial charge in [0.25, 0.3) is 0 Å². The van der Waals surface area contributed by atoms with Crippen molar-refractivity contribution < 1.29 is 14.2 Å². The fraction of sp³-hybridized carbons (Fsp3) is 0.857. The Bertz CT molecular complexity index is 233. The monoisotopic (exact) mass is 274 g/mol. The van der Waals surface area contributed by atoms with Crippen molar-refractivity contribution in [3.8, 4) is 0 Å². The number of hydrogen-bond donors (Lipinski definition) is 0. The summed E-state index contributed by atoms with van der Waals surface area (Å²) in [7, 11) is 0.805. The summed E-state index contributed by atoms with van der Waals surface area (Å²) in [4.78, 5) is 0. The predicted octanol–water partition coefficient (Wildman–Crippen LogP) is 2.50. The van der Waals surface area contributed by atoms with Gasteiger partial charge in [-0.05, 0) is 17.8 Å². The fourth-order valence-electron chi connectivity index (χ4n) is 1.08. The summed E-state index contributed by atoms with van der Waals surface area (Å²) in [5.41, 5.74) is 0. The second kappa shape index (κ2) is 9.31. The van der Waals surface area contributed by atoms with Crippen LogP contribution in [0.5, 0.6) is 0 Å². The Morgan fingerprint density at radius 1 is 0.722 bits per heavy atom. The summed E-state index contributed by atoms with van der Waals surface area (Å²) < 4.78 is 17.2. The Morgan fingerprint density at radius 2 is 1.06 bits per heavy atom. The first-order chi connectivity index (χ1) is 8.32. The van der Waals surface area contributed by atoms with Crippen LogP contribution in [-0.2, 0) is 14.2 Å². The highest BCUT2D eigenvalue weighted by Crippen LogP contribution is 2.12. The molecule has 0 amide bonds. The molecule has 0 radical (unpaired) electrons. The van der Waals surface area contributed by atoms with E-state index in [1.807, 2.05) is 0 Å². The van der Waals surface area contributed by atoms with Crippen molar-refractivity contribution in [3.63, 3.8) is 0 Å². The molecule has 0 saturated carbocycles. The molecule has 0 unspecified atom stereocenters. The SMILES string of the molecule is CC(C)COC([SiH3])=C(OCC(C)C)OCC(C)C. The minimum Gasteiger partial charge on any atom is -0.497 e. The van der Waals surface area contributed by atoms with Gasteiger partial charge >= 0.3 is 5.95 Å². The van der Waals surface area contributed by atoms with Gasteiger partial charge in [0.05, 0.1) is 30.1 Å². The molecule has 0 saturated heterocycles. The molecule has 3 nitrogen and oxygen atoms in total. The van der Waals surface area contributed by atoms with Crippen molar-refractivity contribution in [1.82, 2.24) is 0 Å². The zero-order valence-corrected chi connectivity index (χ0v) is 15.1. The van der Waals surface area contributed by atoms with E-state index in [0.717, 1.165) is 22.2 Å². The van der Waals surface area contributed by atoms with Crippen LogP contribution in [0.3, 0.4) is 0 Å². The molecule has 0 aromatic carbocycles. The van der Waals surface area contributed by atoms with Crippen LogP contribution >= 0.6 is 0 Å². The summed E-state index contributed by atoms with van der Waals surface area (Å²) in [6.45, 7) is 14.8. The molecule has 0 fully saturated rings. The number of rotatable bonds is 9. The van der Waals surface area contributed by atoms with Crippen molar-refractivity contribution in [2.24, 2.45) is 17.8 Å². The van der Waals surface area contributed by atoms with E-state index in [0.29, 0.717) is 36.9 Å². The van der Waals surface area contributed by atoms with E-state index in [4.69, 9.17) is 14.2 Å². The van der Waals surface area contributed by atoms with Crippen LogP contribution in [0.15, 0.2) is 11.3 Å². The number of ether oxygens (including phenoxy) is 3. The first-order valence-electron chi connectivity index (χ1n) is 6.92. The molecule has 108 valence electrons. The molecule has 0 aliphatic heterocycles. The van der Waals surface area contributed by atoms with Crippen LogP contribution in [-0.4, -0.2) is 30.1 Å². The van der Waals surface area contributed by atoms with Gasteiger partial charge in [0.1, 0.15) is 5.38 Å². The van der Waals surface area contributed by atoms with Crippen LogP contribution in [0.25, 0.3) is 0 Å². The molecular weight excluding hydrogens is 244 g/mol. The Morgan fingerprint density at radius 3 is 1.39 bits per heavy atom. The molecule has 18 heavy (non-hydrogen) atoms. The lowest BCUT2D eigenvalue weighted by Gasteiger charge is -2.18. The third-order valence-corrected chi connectivity index (χ3v) is 2.71. The highest BCUT2D eigenvalue weighted by Gasteiger charge is 2.10. The van der Waals surface area contributed by atoms with Gasteiger partial charge in [0.2, 0.25) is 0 Å². The van der Waals surface area contributed by atoms with E-state index in [2.05, 4.69) is 41.5 Å².